The molecule has 0 aliphatic carbocycles. The second-order valence-electron chi connectivity index (χ2n) is 3.48. The Kier molecular flexibility index (Phi) is 3.51. The number of aromatic nitrogens is 1. The SMILES string of the molecule is CNC(Cc1ccsc1)c1scnc1C. The van der Waals surface area contributed by atoms with Crippen LogP contribution in [0.1, 0.15) is 22.2 Å². The van der Waals surface area contributed by atoms with Crippen LogP contribution in [0.2, 0.25) is 0 Å². The van der Waals surface area contributed by atoms with Gasteiger partial charge in [0, 0.05) is 10.9 Å². The van der Waals surface area contributed by atoms with E-state index in [0.29, 0.717) is 6.04 Å². The summed E-state index contributed by atoms with van der Waals surface area (Å²) in [5, 5.41) is 7.69. The summed E-state index contributed by atoms with van der Waals surface area (Å²) >= 11 is 3.49. The van der Waals surface area contributed by atoms with Gasteiger partial charge in [0.1, 0.15) is 0 Å². The Hall–Kier alpha value is -0.710. The topological polar surface area (TPSA) is 24.9 Å². The van der Waals surface area contributed by atoms with Crippen molar-refractivity contribution in [3.8, 4) is 0 Å². The van der Waals surface area contributed by atoms with Gasteiger partial charge >= 0.3 is 0 Å². The summed E-state index contributed by atoms with van der Waals surface area (Å²) in [4.78, 5) is 5.65. The maximum absolute atomic E-state index is 4.30. The monoisotopic (exact) mass is 238 g/mol. The number of thiophene rings is 1. The molecular formula is C11H14N2S2. The van der Waals surface area contributed by atoms with Crippen LogP contribution in [0.25, 0.3) is 0 Å². The minimum Gasteiger partial charge on any atom is -0.312 e. The molecule has 4 heteroatoms. The van der Waals surface area contributed by atoms with E-state index in [0.717, 1.165) is 12.1 Å². The zero-order valence-electron chi connectivity index (χ0n) is 8.86. The molecule has 2 nitrogen and oxygen atoms in total. The van der Waals surface area contributed by atoms with Gasteiger partial charge < -0.3 is 5.32 Å². The largest absolute Gasteiger partial charge is 0.312 e. The average molecular weight is 238 g/mol. The van der Waals surface area contributed by atoms with Crippen molar-refractivity contribution in [2.45, 2.75) is 19.4 Å². The van der Waals surface area contributed by atoms with Gasteiger partial charge in [0.15, 0.2) is 0 Å². The molecule has 0 amide bonds. The number of hydrogen-bond donors (Lipinski definition) is 1. The van der Waals surface area contributed by atoms with E-state index in [1.54, 1.807) is 22.7 Å². The summed E-state index contributed by atoms with van der Waals surface area (Å²) < 4.78 is 0. The molecule has 0 radical (unpaired) electrons. The molecule has 0 saturated carbocycles. The first-order valence-electron chi connectivity index (χ1n) is 4.89. The molecule has 0 fully saturated rings. The average Bonchev–Trinajstić information content (AvgIpc) is 2.85. The van der Waals surface area contributed by atoms with Gasteiger partial charge in [-0.1, -0.05) is 0 Å². The molecule has 2 aromatic heterocycles. The highest BCUT2D eigenvalue weighted by atomic mass is 32.1. The van der Waals surface area contributed by atoms with Crippen molar-refractivity contribution >= 4 is 22.7 Å². The molecule has 2 aromatic rings. The zero-order chi connectivity index (χ0) is 10.7. The fraction of sp³-hybridized carbons (Fsp3) is 0.364. The molecule has 0 saturated heterocycles. The Bertz CT molecular complexity index is 406. The summed E-state index contributed by atoms with van der Waals surface area (Å²) in [5.74, 6) is 0. The predicted octanol–water partition coefficient (Wildman–Crippen LogP) is 3.02. The summed E-state index contributed by atoms with van der Waals surface area (Å²) in [6, 6.07) is 2.58. The van der Waals surface area contributed by atoms with Gasteiger partial charge in [0.2, 0.25) is 0 Å². The summed E-state index contributed by atoms with van der Waals surface area (Å²) in [5.41, 5.74) is 4.46. The molecule has 1 N–H and O–H groups in total. The lowest BCUT2D eigenvalue weighted by Gasteiger charge is -2.14. The zero-order valence-corrected chi connectivity index (χ0v) is 10.5. The first kappa shape index (κ1) is 10.8. The smallest absolute Gasteiger partial charge is 0.0798 e. The lowest BCUT2D eigenvalue weighted by molar-refractivity contribution is 0.598. The predicted molar refractivity (Wildman–Crippen MR) is 66.7 cm³/mol. The van der Waals surface area contributed by atoms with Crippen LogP contribution >= 0.6 is 22.7 Å². The lowest BCUT2D eigenvalue weighted by Crippen LogP contribution is -2.18. The van der Waals surface area contributed by atoms with Crippen molar-refractivity contribution in [1.82, 2.24) is 10.3 Å². The Labute approximate surface area is 98.0 Å². The van der Waals surface area contributed by atoms with E-state index in [-0.39, 0.29) is 0 Å². The number of aryl methyl sites for hydroxylation is 1. The molecule has 0 spiro atoms. The van der Waals surface area contributed by atoms with Crippen molar-refractivity contribution in [1.29, 1.82) is 0 Å². The molecule has 15 heavy (non-hydrogen) atoms. The maximum atomic E-state index is 4.30. The number of nitrogens with one attached hydrogen (secondary N) is 1. The van der Waals surface area contributed by atoms with E-state index in [2.05, 4.69) is 34.1 Å². The number of hydrogen-bond acceptors (Lipinski definition) is 4. The minimum atomic E-state index is 0.395. The molecule has 0 bridgehead atoms. The van der Waals surface area contributed by atoms with Crippen LogP contribution < -0.4 is 5.32 Å². The number of likely N-dealkylation sites (N-methyl/N-ethyl adjacent to an activating group) is 1. The highest BCUT2D eigenvalue weighted by Crippen LogP contribution is 2.25. The van der Waals surface area contributed by atoms with Crippen LogP contribution in [0.4, 0.5) is 0 Å². The number of thiazole rings is 1. The Morgan fingerprint density at radius 1 is 1.53 bits per heavy atom. The Morgan fingerprint density at radius 3 is 2.93 bits per heavy atom. The first-order valence-corrected chi connectivity index (χ1v) is 6.72. The van der Waals surface area contributed by atoms with Crippen molar-refractivity contribution in [3.05, 3.63) is 38.5 Å². The van der Waals surface area contributed by atoms with E-state index in [1.165, 1.54) is 10.4 Å². The van der Waals surface area contributed by atoms with E-state index in [1.807, 2.05) is 12.6 Å². The highest BCUT2D eigenvalue weighted by molar-refractivity contribution is 7.09. The Morgan fingerprint density at radius 2 is 2.40 bits per heavy atom. The van der Waals surface area contributed by atoms with Crippen molar-refractivity contribution in [2.24, 2.45) is 0 Å². The summed E-state index contributed by atoms with van der Waals surface area (Å²) in [6.45, 7) is 2.07. The van der Waals surface area contributed by atoms with Crippen LogP contribution in [-0.4, -0.2) is 12.0 Å². The normalized spacial score (nSPS) is 12.9. The molecule has 1 atom stereocenters. The van der Waals surface area contributed by atoms with Gasteiger partial charge in [0.05, 0.1) is 11.2 Å². The van der Waals surface area contributed by atoms with Gasteiger partial charge in [-0.3, -0.25) is 0 Å². The molecule has 0 aliphatic heterocycles. The van der Waals surface area contributed by atoms with Gasteiger partial charge in [-0.05, 0) is 42.8 Å². The third-order valence-electron chi connectivity index (χ3n) is 2.47. The van der Waals surface area contributed by atoms with Crippen LogP contribution in [-0.2, 0) is 6.42 Å². The second kappa shape index (κ2) is 4.88. The fourth-order valence-electron chi connectivity index (χ4n) is 1.62. The molecule has 0 aliphatic rings. The van der Waals surface area contributed by atoms with Gasteiger partial charge in [-0.2, -0.15) is 11.3 Å². The second-order valence-corrected chi connectivity index (χ2v) is 5.15. The van der Waals surface area contributed by atoms with Crippen molar-refractivity contribution in [2.75, 3.05) is 7.05 Å². The Balaban J connectivity index is 2.15. The molecule has 1 unspecified atom stereocenters. The van der Waals surface area contributed by atoms with Crippen LogP contribution in [0.15, 0.2) is 22.3 Å². The molecular weight excluding hydrogens is 224 g/mol. The lowest BCUT2D eigenvalue weighted by atomic mass is 10.1. The van der Waals surface area contributed by atoms with E-state index >= 15 is 0 Å². The highest BCUT2D eigenvalue weighted by Gasteiger charge is 2.14. The van der Waals surface area contributed by atoms with Crippen molar-refractivity contribution in [3.63, 3.8) is 0 Å². The standard InChI is InChI=1S/C11H14N2S2/c1-8-11(15-7-13-8)10(12-2)5-9-3-4-14-6-9/h3-4,6-7,10,12H,5H2,1-2H3. The molecule has 80 valence electrons. The van der Waals surface area contributed by atoms with Gasteiger partial charge in [-0.15, -0.1) is 11.3 Å². The van der Waals surface area contributed by atoms with Crippen molar-refractivity contribution < 1.29 is 0 Å². The number of rotatable bonds is 4. The van der Waals surface area contributed by atoms with Gasteiger partial charge in [-0.25, -0.2) is 4.98 Å². The maximum Gasteiger partial charge on any atom is 0.0798 e. The van der Waals surface area contributed by atoms with E-state index in [4.69, 9.17) is 0 Å². The molecule has 2 rings (SSSR count). The summed E-state index contributed by atoms with van der Waals surface area (Å²) in [7, 11) is 2.01. The first-order chi connectivity index (χ1) is 7.31. The van der Waals surface area contributed by atoms with Crippen LogP contribution in [0, 0.1) is 6.92 Å². The molecule has 0 aromatic carbocycles. The third-order valence-corrected chi connectivity index (χ3v) is 4.24. The molecule has 2 heterocycles. The minimum absolute atomic E-state index is 0.395. The third kappa shape index (κ3) is 2.45. The van der Waals surface area contributed by atoms with E-state index < -0.39 is 0 Å². The van der Waals surface area contributed by atoms with Crippen LogP contribution in [0.5, 0.6) is 0 Å². The van der Waals surface area contributed by atoms with Crippen LogP contribution in [0.3, 0.4) is 0 Å². The van der Waals surface area contributed by atoms with Gasteiger partial charge in [0.25, 0.3) is 0 Å². The number of nitrogens with zero attached hydrogens (tertiary/aromatic N) is 1. The quantitative estimate of drug-likeness (QED) is 0.885. The fourth-order valence-corrected chi connectivity index (χ4v) is 3.21. The van der Waals surface area contributed by atoms with E-state index in [9.17, 15) is 0 Å². The summed E-state index contributed by atoms with van der Waals surface area (Å²) in [6.07, 6.45) is 1.04.